The molecule has 27 heavy (non-hydrogen) atoms. The van der Waals surface area contributed by atoms with Gasteiger partial charge in [-0.25, -0.2) is 15.0 Å². The highest BCUT2D eigenvalue weighted by atomic mass is 35.5. The molecule has 0 fully saturated rings. The zero-order valence-corrected chi connectivity index (χ0v) is 15.1. The van der Waals surface area contributed by atoms with Crippen molar-refractivity contribution in [2.75, 3.05) is 5.73 Å². The van der Waals surface area contributed by atoms with E-state index in [0.29, 0.717) is 28.1 Å². The number of rotatable bonds is 4. The molecule has 1 atom stereocenters. The number of alkyl halides is 3. The Bertz CT molecular complexity index is 987. The molecular weight excluding hydrogens is 407 g/mol. The van der Waals surface area contributed by atoms with Gasteiger partial charge in [0.05, 0.1) is 17.8 Å². The number of pyridine rings is 1. The molecule has 1 amide bonds. The number of thiazole rings is 1. The monoisotopic (exact) mass is 417 g/mol. The van der Waals surface area contributed by atoms with Crippen LogP contribution < -0.4 is 11.1 Å². The second-order valence-electron chi connectivity index (χ2n) is 5.33. The SMILES string of the molecule is C[C@H](NC(=O)c1cc(C(F)(F)F)cc(Cl)n1)c1ncnn1-c1ncc(N)s1. The van der Waals surface area contributed by atoms with Crippen LogP contribution in [0.2, 0.25) is 5.15 Å². The van der Waals surface area contributed by atoms with Crippen LogP contribution in [0.5, 0.6) is 0 Å². The lowest BCUT2D eigenvalue weighted by Gasteiger charge is -2.14. The van der Waals surface area contributed by atoms with E-state index in [-0.39, 0.29) is 0 Å². The summed E-state index contributed by atoms with van der Waals surface area (Å²) in [4.78, 5) is 24.1. The molecule has 3 aromatic heterocycles. The lowest BCUT2D eigenvalue weighted by molar-refractivity contribution is -0.137. The number of carbonyl (C=O) groups is 1. The molecule has 3 rings (SSSR count). The topological polar surface area (TPSA) is 112 Å². The first kappa shape index (κ1) is 19.0. The van der Waals surface area contributed by atoms with Crippen molar-refractivity contribution in [1.29, 1.82) is 0 Å². The van der Waals surface area contributed by atoms with Gasteiger partial charge in [-0.3, -0.25) is 4.79 Å². The van der Waals surface area contributed by atoms with Gasteiger partial charge in [0.25, 0.3) is 5.91 Å². The Hall–Kier alpha value is -2.73. The number of anilines is 1. The van der Waals surface area contributed by atoms with Gasteiger partial charge in [-0.05, 0) is 19.1 Å². The van der Waals surface area contributed by atoms with E-state index in [0.717, 1.165) is 11.3 Å². The summed E-state index contributed by atoms with van der Waals surface area (Å²) in [6.07, 6.45) is -1.95. The Morgan fingerprint density at radius 2 is 2.11 bits per heavy atom. The van der Waals surface area contributed by atoms with Gasteiger partial charge < -0.3 is 11.1 Å². The third-order valence-corrected chi connectivity index (χ3v) is 4.35. The van der Waals surface area contributed by atoms with Gasteiger partial charge in [-0.1, -0.05) is 22.9 Å². The van der Waals surface area contributed by atoms with Crippen LogP contribution in [0.1, 0.15) is 34.8 Å². The molecule has 0 bridgehead atoms. The molecule has 0 aliphatic carbocycles. The van der Waals surface area contributed by atoms with Gasteiger partial charge in [-0.15, -0.1) is 0 Å². The number of amides is 1. The lowest BCUT2D eigenvalue weighted by Crippen LogP contribution is -2.29. The molecule has 0 saturated carbocycles. The van der Waals surface area contributed by atoms with Crippen molar-refractivity contribution in [2.45, 2.75) is 19.1 Å². The van der Waals surface area contributed by atoms with E-state index in [1.807, 2.05) is 0 Å². The molecule has 3 N–H and O–H groups in total. The first-order chi connectivity index (χ1) is 12.6. The maximum Gasteiger partial charge on any atom is 0.416 e. The second kappa shape index (κ2) is 7.12. The average molecular weight is 418 g/mol. The highest BCUT2D eigenvalue weighted by Crippen LogP contribution is 2.31. The Kier molecular flexibility index (Phi) is 5.02. The van der Waals surface area contributed by atoms with Crippen LogP contribution >= 0.6 is 22.9 Å². The van der Waals surface area contributed by atoms with E-state index in [2.05, 4.69) is 25.4 Å². The molecule has 0 spiro atoms. The molecule has 8 nitrogen and oxygen atoms in total. The summed E-state index contributed by atoms with van der Waals surface area (Å²) < 4.78 is 40.0. The molecule has 13 heteroatoms. The van der Waals surface area contributed by atoms with Crippen LogP contribution in [-0.2, 0) is 6.18 Å². The Morgan fingerprint density at radius 1 is 1.37 bits per heavy atom. The molecule has 0 unspecified atom stereocenters. The normalized spacial score (nSPS) is 12.8. The Balaban J connectivity index is 1.83. The minimum absolute atomic E-state index is 0.316. The molecule has 0 aliphatic heterocycles. The largest absolute Gasteiger partial charge is 0.416 e. The van der Waals surface area contributed by atoms with Gasteiger partial charge in [-0.2, -0.15) is 23.0 Å². The molecule has 0 aromatic carbocycles. The summed E-state index contributed by atoms with van der Waals surface area (Å²) >= 11 is 6.77. The van der Waals surface area contributed by atoms with E-state index >= 15 is 0 Å². The van der Waals surface area contributed by atoms with E-state index in [1.54, 1.807) is 6.92 Å². The van der Waals surface area contributed by atoms with Gasteiger partial charge in [0, 0.05) is 0 Å². The Labute approximate surface area is 159 Å². The van der Waals surface area contributed by atoms with Crippen molar-refractivity contribution < 1.29 is 18.0 Å². The fourth-order valence-corrected chi connectivity index (χ4v) is 3.04. The van der Waals surface area contributed by atoms with Crippen molar-refractivity contribution >= 4 is 33.8 Å². The summed E-state index contributed by atoms with van der Waals surface area (Å²) in [7, 11) is 0. The number of nitrogens with one attached hydrogen (secondary N) is 1. The standard InChI is InChI=1S/C14H11ClF3N7OS/c1-6(11-21-5-22-25(11)13-20-4-10(19)27-13)23-12(26)8-2-7(14(16,17)18)3-9(15)24-8/h2-6H,19H2,1H3,(H,23,26)/t6-/m0/s1. The number of nitrogens with zero attached hydrogens (tertiary/aromatic N) is 5. The van der Waals surface area contributed by atoms with E-state index in [9.17, 15) is 18.0 Å². The van der Waals surface area contributed by atoms with Gasteiger partial charge >= 0.3 is 6.18 Å². The molecule has 142 valence electrons. The maximum atomic E-state index is 12.9. The highest BCUT2D eigenvalue weighted by Gasteiger charge is 2.32. The van der Waals surface area contributed by atoms with Crippen LogP contribution in [0, 0.1) is 0 Å². The summed E-state index contributed by atoms with van der Waals surface area (Å²) in [5, 5.41) is 6.99. The smallest absolute Gasteiger partial charge is 0.389 e. The van der Waals surface area contributed by atoms with Crippen molar-refractivity contribution in [3.05, 3.63) is 46.9 Å². The number of hydrogen-bond acceptors (Lipinski definition) is 7. The minimum atomic E-state index is -4.65. The molecule has 0 saturated heterocycles. The van der Waals surface area contributed by atoms with E-state index in [4.69, 9.17) is 17.3 Å². The van der Waals surface area contributed by atoms with Crippen LogP contribution in [0.15, 0.2) is 24.7 Å². The molecule has 0 radical (unpaired) electrons. The van der Waals surface area contributed by atoms with E-state index < -0.39 is 34.5 Å². The van der Waals surface area contributed by atoms with Crippen LogP contribution in [0.25, 0.3) is 5.13 Å². The highest BCUT2D eigenvalue weighted by molar-refractivity contribution is 7.17. The maximum absolute atomic E-state index is 12.9. The summed E-state index contributed by atoms with van der Waals surface area (Å²) in [6.45, 7) is 1.59. The number of carbonyl (C=O) groups excluding carboxylic acids is 1. The third-order valence-electron chi connectivity index (χ3n) is 3.36. The average Bonchev–Trinajstić information content (AvgIpc) is 3.21. The first-order valence-electron chi connectivity index (χ1n) is 7.32. The summed E-state index contributed by atoms with van der Waals surface area (Å²) in [5.41, 5.74) is 4.11. The van der Waals surface area contributed by atoms with Crippen molar-refractivity contribution in [3.63, 3.8) is 0 Å². The summed E-state index contributed by atoms with van der Waals surface area (Å²) in [5.74, 6) is -0.528. The fourth-order valence-electron chi connectivity index (χ4n) is 2.18. The predicted octanol–water partition coefficient (Wildman–Crippen LogP) is 2.86. The summed E-state index contributed by atoms with van der Waals surface area (Å²) in [6, 6.07) is 0.561. The van der Waals surface area contributed by atoms with Crippen molar-refractivity contribution in [1.82, 2.24) is 30.0 Å². The molecule has 0 aliphatic rings. The number of halogens is 4. The number of nitrogen functional groups attached to an aromatic ring is 1. The van der Waals surface area contributed by atoms with Gasteiger partial charge in [0.15, 0.2) is 5.82 Å². The Morgan fingerprint density at radius 3 is 2.74 bits per heavy atom. The number of aromatic nitrogens is 5. The fraction of sp³-hybridized carbons (Fsp3) is 0.214. The minimum Gasteiger partial charge on any atom is -0.389 e. The second-order valence-corrected chi connectivity index (χ2v) is 6.76. The van der Waals surface area contributed by atoms with Crippen molar-refractivity contribution in [3.8, 4) is 5.13 Å². The third kappa shape index (κ3) is 4.17. The first-order valence-corrected chi connectivity index (χ1v) is 8.52. The molecule has 3 aromatic rings. The van der Waals surface area contributed by atoms with E-state index in [1.165, 1.54) is 17.2 Å². The number of hydrogen-bond donors (Lipinski definition) is 2. The quantitative estimate of drug-likeness (QED) is 0.631. The zero-order valence-electron chi connectivity index (χ0n) is 13.5. The predicted molar refractivity (Wildman–Crippen MR) is 91.6 cm³/mol. The van der Waals surface area contributed by atoms with Crippen LogP contribution in [-0.4, -0.2) is 30.6 Å². The lowest BCUT2D eigenvalue weighted by atomic mass is 10.2. The molecular formula is C14H11ClF3N7OS. The van der Waals surface area contributed by atoms with Gasteiger partial charge in [0.2, 0.25) is 5.13 Å². The molecule has 3 heterocycles. The number of nitrogens with two attached hydrogens (primary N) is 1. The zero-order chi connectivity index (χ0) is 19.8. The van der Waals surface area contributed by atoms with Crippen molar-refractivity contribution in [2.24, 2.45) is 0 Å². The van der Waals surface area contributed by atoms with Crippen LogP contribution in [0.4, 0.5) is 18.2 Å². The van der Waals surface area contributed by atoms with Gasteiger partial charge in [0.1, 0.15) is 22.2 Å². The van der Waals surface area contributed by atoms with Crippen LogP contribution in [0.3, 0.4) is 0 Å².